The molecule has 0 amide bonds. The third kappa shape index (κ3) is 3.13. The number of aromatic nitrogens is 3. The molecule has 0 unspecified atom stereocenters. The average Bonchev–Trinajstić information content (AvgIpc) is 2.85. The zero-order valence-corrected chi connectivity index (χ0v) is 12.1. The van der Waals surface area contributed by atoms with Crippen LogP contribution in [0.5, 0.6) is 0 Å². The summed E-state index contributed by atoms with van der Waals surface area (Å²) in [6, 6.07) is 8.75. The van der Waals surface area contributed by atoms with E-state index >= 15 is 0 Å². The van der Waals surface area contributed by atoms with E-state index in [4.69, 9.17) is 0 Å². The minimum atomic E-state index is 0.333. The van der Waals surface area contributed by atoms with Crippen molar-refractivity contribution in [1.82, 2.24) is 14.8 Å². The van der Waals surface area contributed by atoms with E-state index in [2.05, 4.69) is 67.4 Å². The van der Waals surface area contributed by atoms with Gasteiger partial charge in [0.05, 0.1) is 6.54 Å². The Kier molecular flexibility index (Phi) is 4.20. The maximum Gasteiger partial charge on any atom is 0.146 e. The molecule has 0 saturated carbocycles. The molecule has 0 bridgehead atoms. The minimum Gasteiger partial charge on any atom is -0.378 e. The largest absolute Gasteiger partial charge is 0.378 e. The van der Waals surface area contributed by atoms with Crippen molar-refractivity contribution < 1.29 is 0 Å². The molecule has 4 nitrogen and oxygen atoms in total. The Labute approximate surface area is 114 Å². The lowest BCUT2D eigenvalue weighted by Gasteiger charge is -2.15. The smallest absolute Gasteiger partial charge is 0.146 e. The van der Waals surface area contributed by atoms with Gasteiger partial charge in [-0.15, -0.1) is 0 Å². The van der Waals surface area contributed by atoms with Crippen LogP contribution >= 0.6 is 0 Å². The average molecular weight is 258 g/mol. The summed E-state index contributed by atoms with van der Waals surface area (Å²) in [7, 11) is 0. The molecule has 2 rings (SSSR count). The van der Waals surface area contributed by atoms with E-state index in [0.717, 1.165) is 5.82 Å². The highest BCUT2D eigenvalue weighted by Gasteiger charge is 2.09. The van der Waals surface area contributed by atoms with Gasteiger partial charge in [0.1, 0.15) is 12.2 Å². The summed E-state index contributed by atoms with van der Waals surface area (Å²) in [5.74, 6) is 1.47. The van der Waals surface area contributed by atoms with Gasteiger partial charge in [-0.1, -0.05) is 32.0 Å². The Morgan fingerprint density at radius 1 is 1.16 bits per heavy atom. The van der Waals surface area contributed by atoms with Crippen LogP contribution in [0.2, 0.25) is 0 Å². The summed E-state index contributed by atoms with van der Waals surface area (Å²) in [6.07, 6.45) is 1.62. The van der Waals surface area contributed by atoms with Gasteiger partial charge in [-0.3, -0.25) is 0 Å². The van der Waals surface area contributed by atoms with Gasteiger partial charge in [0, 0.05) is 11.7 Å². The zero-order chi connectivity index (χ0) is 13.8. The molecule has 0 spiro atoms. The second kappa shape index (κ2) is 5.87. The topological polar surface area (TPSA) is 42.7 Å². The number of nitrogens with one attached hydrogen (secondary N) is 1. The highest BCUT2D eigenvalue weighted by molar-refractivity contribution is 5.52. The lowest BCUT2D eigenvalue weighted by molar-refractivity contribution is 0.509. The van der Waals surface area contributed by atoms with Gasteiger partial charge in [0.25, 0.3) is 0 Å². The molecule has 0 atom stereocenters. The number of hydrogen-bond donors (Lipinski definition) is 1. The molecule has 0 radical (unpaired) electrons. The number of rotatable bonds is 5. The first-order chi connectivity index (χ1) is 9.09. The van der Waals surface area contributed by atoms with E-state index in [1.807, 2.05) is 4.68 Å². The van der Waals surface area contributed by atoms with Crippen molar-refractivity contribution >= 4 is 5.69 Å². The van der Waals surface area contributed by atoms with Gasteiger partial charge in [-0.05, 0) is 31.4 Å². The second-order valence-electron chi connectivity index (χ2n) is 5.31. The van der Waals surface area contributed by atoms with Crippen molar-refractivity contribution in [2.45, 2.75) is 46.2 Å². The fraction of sp³-hybridized carbons (Fsp3) is 0.467. The number of benzene rings is 1. The standard InChI is InChI=1S/C15H22N4/c1-11(2)13-7-5-6-8-14(13)16-9-15-17-10-18-19(15)12(3)4/h5-8,10-12,16H,9H2,1-4H3. The molecular formula is C15H22N4. The first-order valence-corrected chi connectivity index (χ1v) is 6.80. The van der Waals surface area contributed by atoms with Gasteiger partial charge in [0.15, 0.2) is 0 Å². The Morgan fingerprint density at radius 3 is 2.58 bits per heavy atom. The van der Waals surface area contributed by atoms with E-state index in [0.29, 0.717) is 18.5 Å². The molecule has 0 saturated heterocycles. The van der Waals surface area contributed by atoms with E-state index < -0.39 is 0 Å². The number of anilines is 1. The molecule has 0 aliphatic rings. The zero-order valence-electron chi connectivity index (χ0n) is 12.1. The van der Waals surface area contributed by atoms with Crippen LogP contribution in [0.25, 0.3) is 0 Å². The van der Waals surface area contributed by atoms with Crippen LogP contribution in [-0.4, -0.2) is 14.8 Å². The van der Waals surface area contributed by atoms with Crippen molar-refractivity contribution in [3.63, 3.8) is 0 Å². The maximum absolute atomic E-state index is 4.32. The number of nitrogens with zero attached hydrogens (tertiary/aromatic N) is 3. The lowest BCUT2D eigenvalue weighted by atomic mass is 10.0. The molecule has 19 heavy (non-hydrogen) atoms. The van der Waals surface area contributed by atoms with Crippen LogP contribution in [0.3, 0.4) is 0 Å². The Hall–Kier alpha value is -1.84. The summed E-state index contributed by atoms with van der Waals surface area (Å²) in [5, 5.41) is 7.72. The molecule has 4 heteroatoms. The molecule has 0 aliphatic heterocycles. The fourth-order valence-corrected chi connectivity index (χ4v) is 2.17. The molecule has 1 aromatic carbocycles. The summed E-state index contributed by atoms with van der Waals surface area (Å²) in [5.41, 5.74) is 2.51. The van der Waals surface area contributed by atoms with Crippen LogP contribution in [0.4, 0.5) is 5.69 Å². The van der Waals surface area contributed by atoms with Gasteiger partial charge < -0.3 is 5.32 Å². The van der Waals surface area contributed by atoms with Crippen LogP contribution < -0.4 is 5.32 Å². The van der Waals surface area contributed by atoms with Crippen molar-refractivity contribution in [2.24, 2.45) is 0 Å². The first kappa shape index (κ1) is 13.6. The monoisotopic (exact) mass is 258 g/mol. The second-order valence-corrected chi connectivity index (χ2v) is 5.31. The van der Waals surface area contributed by atoms with Gasteiger partial charge >= 0.3 is 0 Å². The predicted molar refractivity (Wildman–Crippen MR) is 78.3 cm³/mol. The van der Waals surface area contributed by atoms with Gasteiger partial charge in [-0.2, -0.15) is 5.10 Å². The van der Waals surface area contributed by atoms with E-state index in [-0.39, 0.29) is 0 Å². The summed E-state index contributed by atoms with van der Waals surface area (Å²) >= 11 is 0. The summed E-state index contributed by atoms with van der Waals surface area (Å²) in [4.78, 5) is 4.32. The van der Waals surface area contributed by atoms with Crippen LogP contribution in [-0.2, 0) is 6.54 Å². The van der Waals surface area contributed by atoms with Crippen molar-refractivity contribution in [2.75, 3.05) is 5.32 Å². The van der Waals surface area contributed by atoms with Crippen molar-refractivity contribution in [3.8, 4) is 0 Å². The quantitative estimate of drug-likeness (QED) is 0.891. The molecular weight excluding hydrogens is 236 g/mol. The fourth-order valence-electron chi connectivity index (χ4n) is 2.17. The number of para-hydroxylation sites is 1. The molecule has 102 valence electrons. The highest BCUT2D eigenvalue weighted by Crippen LogP contribution is 2.24. The van der Waals surface area contributed by atoms with Crippen molar-refractivity contribution in [1.29, 1.82) is 0 Å². The molecule has 2 aromatic rings. The molecule has 0 fully saturated rings. The Morgan fingerprint density at radius 2 is 1.89 bits per heavy atom. The lowest BCUT2D eigenvalue weighted by Crippen LogP contribution is -2.12. The SMILES string of the molecule is CC(C)c1ccccc1NCc1ncnn1C(C)C. The van der Waals surface area contributed by atoms with E-state index in [9.17, 15) is 0 Å². The number of hydrogen-bond acceptors (Lipinski definition) is 3. The predicted octanol–water partition coefficient (Wildman–Crippen LogP) is 3.59. The normalized spacial score (nSPS) is 11.3. The van der Waals surface area contributed by atoms with E-state index in [1.165, 1.54) is 11.3 Å². The van der Waals surface area contributed by atoms with E-state index in [1.54, 1.807) is 6.33 Å². The van der Waals surface area contributed by atoms with Gasteiger partial charge in [0.2, 0.25) is 0 Å². The minimum absolute atomic E-state index is 0.333. The molecule has 0 aliphatic carbocycles. The molecule has 1 aromatic heterocycles. The first-order valence-electron chi connectivity index (χ1n) is 6.80. The highest BCUT2D eigenvalue weighted by atomic mass is 15.4. The van der Waals surface area contributed by atoms with Gasteiger partial charge in [-0.25, -0.2) is 9.67 Å². The summed E-state index contributed by atoms with van der Waals surface area (Å²) in [6.45, 7) is 9.33. The van der Waals surface area contributed by atoms with Crippen LogP contribution in [0.1, 0.15) is 51.0 Å². The third-order valence-electron chi connectivity index (χ3n) is 3.16. The molecule has 1 N–H and O–H groups in total. The third-order valence-corrected chi connectivity index (χ3v) is 3.16. The van der Waals surface area contributed by atoms with Crippen molar-refractivity contribution in [3.05, 3.63) is 42.0 Å². The van der Waals surface area contributed by atoms with Crippen LogP contribution in [0.15, 0.2) is 30.6 Å². The molecule has 1 heterocycles. The summed E-state index contributed by atoms with van der Waals surface area (Å²) < 4.78 is 1.95. The Bertz CT molecular complexity index is 528. The maximum atomic E-state index is 4.32. The Balaban J connectivity index is 2.13. The van der Waals surface area contributed by atoms with Crippen LogP contribution in [0, 0.1) is 0 Å².